The lowest BCUT2D eigenvalue weighted by atomic mass is 10.2. The Kier molecular flexibility index (Phi) is 4.56. The van der Waals surface area contributed by atoms with Gasteiger partial charge in [0.05, 0.1) is 20.3 Å². The predicted molar refractivity (Wildman–Crippen MR) is 97.1 cm³/mol. The molecule has 0 unspecified atom stereocenters. The van der Waals surface area contributed by atoms with Gasteiger partial charge in [-0.25, -0.2) is 4.79 Å². The van der Waals surface area contributed by atoms with Gasteiger partial charge in [0.2, 0.25) is 0 Å². The SMILES string of the molecule is COC(=O)/C=C1\CN(c2ccccc2C)CN1c1ccccc1C. The van der Waals surface area contributed by atoms with E-state index in [4.69, 9.17) is 4.74 Å². The van der Waals surface area contributed by atoms with Crippen molar-refractivity contribution in [3.63, 3.8) is 0 Å². The molecule has 0 aromatic heterocycles. The summed E-state index contributed by atoms with van der Waals surface area (Å²) in [6, 6.07) is 16.5. The molecule has 3 rings (SSSR count). The van der Waals surface area contributed by atoms with E-state index in [2.05, 4.69) is 47.9 Å². The van der Waals surface area contributed by atoms with Crippen LogP contribution in [0.15, 0.2) is 60.3 Å². The van der Waals surface area contributed by atoms with Crippen LogP contribution in [0.2, 0.25) is 0 Å². The maximum Gasteiger partial charge on any atom is 0.332 e. The van der Waals surface area contributed by atoms with Crippen LogP contribution in [-0.2, 0) is 9.53 Å². The van der Waals surface area contributed by atoms with Crippen LogP contribution in [0.25, 0.3) is 0 Å². The fourth-order valence-electron chi connectivity index (χ4n) is 3.09. The summed E-state index contributed by atoms with van der Waals surface area (Å²) in [5, 5.41) is 0. The highest BCUT2D eigenvalue weighted by atomic mass is 16.5. The zero-order chi connectivity index (χ0) is 17.1. The van der Waals surface area contributed by atoms with Gasteiger partial charge in [-0.1, -0.05) is 36.4 Å². The van der Waals surface area contributed by atoms with E-state index in [1.54, 1.807) is 6.08 Å². The standard InChI is InChI=1S/C20H22N2O2/c1-15-8-4-6-10-18(15)21-13-17(12-20(23)24-3)22(14-21)19-11-7-5-9-16(19)2/h4-12H,13-14H2,1-3H3/b17-12+. The highest BCUT2D eigenvalue weighted by molar-refractivity contribution is 5.84. The van der Waals surface area contributed by atoms with Crippen molar-refractivity contribution in [3.8, 4) is 0 Å². The first-order valence-electron chi connectivity index (χ1n) is 8.02. The minimum absolute atomic E-state index is 0.324. The molecule has 124 valence electrons. The normalized spacial score (nSPS) is 15.9. The summed E-state index contributed by atoms with van der Waals surface area (Å²) in [4.78, 5) is 16.2. The van der Waals surface area contributed by atoms with Crippen molar-refractivity contribution >= 4 is 17.3 Å². The Morgan fingerprint density at radius 3 is 2.17 bits per heavy atom. The van der Waals surface area contributed by atoms with Crippen LogP contribution in [0.3, 0.4) is 0 Å². The highest BCUT2D eigenvalue weighted by Gasteiger charge is 2.28. The van der Waals surface area contributed by atoms with E-state index < -0.39 is 0 Å². The number of rotatable bonds is 3. The second-order valence-corrected chi connectivity index (χ2v) is 6.00. The third-order valence-electron chi connectivity index (χ3n) is 4.36. The molecule has 1 aliphatic rings. The van der Waals surface area contributed by atoms with Gasteiger partial charge in [0, 0.05) is 23.1 Å². The molecule has 2 aromatic carbocycles. The fraction of sp³-hybridized carbons (Fsp3) is 0.250. The lowest BCUT2D eigenvalue weighted by molar-refractivity contribution is -0.134. The number of esters is 1. The predicted octanol–water partition coefficient (Wildman–Crippen LogP) is 3.64. The minimum atomic E-state index is -0.324. The average Bonchev–Trinajstić information content (AvgIpc) is 2.99. The molecule has 0 N–H and O–H groups in total. The number of carbonyl (C=O) groups excluding carboxylic acids is 1. The number of benzene rings is 2. The average molecular weight is 322 g/mol. The number of methoxy groups -OCH3 is 1. The summed E-state index contributed by atoms with van der Waals surface area (Å²) < 4.78 is 4.83. The van der Waals surface area contributed by atoms with Gasteiger partial charge in [0.1, 0.15) is 0 Å². The minimum Gasteiger partial charge on any atom is -0.466 e. The van der Waals surface area contributed by atoms with Gasteiger partial charge in [-0.15, -0.1) is 0 Å². The largest absolute Gasteiger partial charge is 0.466 e. The second kappa shape index (κ2) is 6.79. The molecule has 0 spiro atoms. The van der Waals surface area contributed by atoms with Gasteiger partial charge in [-0.3, -0.25) is 0 Å². The Morgan fingerprint density at radius 2 is 1.58 bits per heavy atom. The molecular weight excluding hydrogens is 300 g/mol. The van der Waals surface area contributed by atoms with E-state index in [1.807, 2.05) is 24.3 Å². The lowest BCUT2D eigenvalue weighted by Gasteiger charge is -2.23. The van der Waals surface area contributed by atoms with Gasteiger partial charge in [0.25, 0.3) is 0 Å². The Balaban J connectivity index is 1.99. The highest BCUT2D eigenvalue weighted by Crippen LogP contribution is 2.32. The molecule has 0 aliphatic carbocycles. The molecule has 24 heavy (non-hydrogen) atoms. The number of carbonyl (C=O) groups is 1. The Morgan fingerprint density at radius 1 is 1.00 bits per heavy atom. The zero-order valence-electron chi connectivity index (χ0n) is 14.3. The Hall–Kier alpha value is -2.75. The van der Waals surface area contributed by atoms with Crippen LogP contribution in [0, 0.1) is 13.8 Å². The van der Waals surface area contributed by atoms with Crippen LogP contribution < -0.4 is 9.80 Å². The van der Waals surface area contributed by atoms with E-state index in [1.165, 1.54) is 23.9 Å². The number of anilines is 2. The number of ether oxygens (including phenoxy) is 1. The Bertz CT molecular complexity index is 783. The number of hydrogen-bond acceptors (Lipinski definition) is 4. The summed E-state index contributed by atoms with van der Waals surface area (Å²) in [6.07, 6.45) is 1.59. The zero-order valence-corrected chi connectivity index (χ0v) is 14.3. The van der Waals surface area contributed by atoms with Crippen molar-refractivity contribution in [2.75, 3.05) is 30.1 Å². The van der Waals surface area contributed by atoms with Crippen LogP contribution in [0.4, 0.5) is 11.4 Å². The quantitative estimate of drug-likeness (QED) is 0.638. The molecule has 0 radical (unpaired) electrons. The van der Waals surface area contributed by atoms with Gasteiger partial charge >= 0.3 is 5.97 Å². The van der Waals surface area contributed by atoms with Gasteiger partial charge in [-0.05, 0) is 37.1 Å². The third-order valence-corrected chi connectivity index (χ3v) is 4.36. The van der Waals surface area contributed by atoms with Crippen molar-refractivity contribution in [3.05, 3.63) is 71.4 Å². The number of aryl methyl sites for hydroxylation is 2. The third kappa shape index (κ3) is 3.13. The van der Waals surface area contributed by atoms with E-state index in [0.29, 0.717) is 13.2 Å². The van der Waals surface area contributed by atoms with Crippen LogP contribution in [-0.4, -0.2) is 26.3 Å². The first-order valence-corrected chi connectivity index (χ1v) is 8.02. The van der Waals surface area contributed by atoms with E-state index in [9.17, 15) is 4.79 Å². The summed E-state index contributed by atoms with van der Waals surface area (Å²) in [5.41, 5.74) is 5.65. The van der Waals surface area contributed by atoms with E-state index in [0.717, 1.165) is 11.4 Å². The van der Waals surface area contributed by atoms with Crippen LogP contribution >= 0.6 is 0 Å². The van der Waals surface area contributed by atoms with E-state index >= 15 is 0 Å². The van der Waals surface area contributed by atoms with Crippen LogP contribution in [0.5, 0.6) is 0 Å². The maximum absolute atomic E-state index is 11.8. The van der Waals surface area contributed by atoms with Crippen molar-refractivity contribution in [1.29, 1.82) is 0 Å². The van der Waals surface area contributed by atoms with Gasteiger partial charge in [-0.2, -0.15) is 0 Å². The molecule has 2 aromatic rings. The molecule has 1 fully saturated rings. The lowest BCUT2D eigenvalue weighted by Crippen LogP contribution is -2.25. The molecule has 1 heterocycles. The van der Waals surface area contributed by atoms with Crippen molar-refractivity contribution in [1.82, 2.24) is 0 Å². The number of hydrogen-bond donors (Lipinski definition) is 0. The van der Waals surface area contributed by atoms with Gasteiger partial charge in [0.15, 0.2) is 0 Å². The van der Waals surface area contributed by atoms with Crippen molar-refractivity contribution in [2.45, 2.75) is 13.8 Å². The monoisotopic (exact) mass is 322 g/mol. The smallest absolute Gasteiger partial charge is 0.332 e. The topological polar surface area (TPSA) is 32.8 Å². The first-order chi connectivity index (χ1) is 11.6. The summed E-state index contributed by atoms with van der Waals surface area (Å²) >= 11 is 0. The molecule has 1 saturated heterocycles. The van der Waals surface area contributed by atoms with Crippen LogP contribution in [0.1, 0.15) is 11.1 Å². The molecule has 0 saturated carbocycles. The van der Waals surface area contributed by atoms with Crippen molar-refractivity contribution < 1.29 is 9.53 Å². The van der Waals surface area contributed by atoms with Gasteiger partial charge < -0.3 is 14.5 Å². The van der Waals surface area contributed by atoms with E-state index in [-0.39, 0.29) is 5.97 Å². The first kappa shape index (κ1) is 16.1. The fourth-order valence-corrected chi connectivity index (χ4v) is 3.09. The molecule has 1 aliphatic heterocycles. The number of nitrogens with zero attached hydrogens (tertiary/aromatic N) is 2. The Labute approximate surface area is 143 Å². The molecule has 4 heteroatoms. The maximum atomic E-state index is 11.8. The summed E-state index contributed by atoms with van der Waals surface area (Å²) in [7, 11) is 1.41. The van der Waals surface area contributed by atoms with Crippen molar-refractivity contribution in [2.24, 2.45) is 0 Å². The summed E-state index contributed by atoms with van der Waals surface area (Å²) in [5.74, 6) is -0.324. The molecular formula is C20H22N2O2. The molecule has 0 bridgehead atoms. The molecule has 0 atom stereocenters. The number of para-hydroxylation sites is 2. The molecule has 4 nitrogen and oxygen atoms in total. The second-order valence-electron chi connectivity index (χ2n) is 6.00. The molecule has 0 amide bonds. The summed E-state index contributed by atoms with van der Waals surface area (Å²) in [6.45, 7) is 5.57.